The molecule has 2 saturated heterocycles. The van der Waals surface area contributed by atoms with Crippen LogP contribution in [-0.2, 0) is 18.4 Å². The van der Waals surface area contributed by atoms with Crippen molar-refractivity contribution in [2.45, 2.75) is 19.4 Å². The van der Waals surface area contributed by atoms with E-state index in [1.165, 1.54) is 5.56 Å². The van der Waals surface area contributed by atoms with Gasteiger partial charge in [-0.2, -0.15) is 16.4 Å². The van der Waals surface area contributed by atoms with Crippen molar-refractivity contribution in [3.05, 3.63) is 34.8 Å². The normalized spacial score (nSPS) is 25.7. The van der Waals surface area contributed by atoms with Crippen LogP contribution in [0.1, 0.15) is 18.4 Å². The van der Waals surface area contributed by atoms with Gasteiger partial charge in [0.15, 0.2) is 0 Å². The fourth-order valence-corrected chi connectivity index (χ4v) is 4.39. The Balaban J connectivity index is 1.48. The third-order valence-corrected chi connectivity index (χ3v) is 5.67. The molecule has 0 radical (unpaired) electrons. The van der Waals surface area contributed by atoms with Gasteiger partial charge in [0.05, 0.1) is 17.3 Å². The molecule has 4 rings (SSSR count). The summed E-state index contributed by atoms with van der Waals surface area (Å²) in [6.07, 6.45) is 5.65. The number of thiophene rings is 1. The Kier molecular flexibility index (Phi) is 3.31. The molecule has 22 heavy (non-hydrogen) atoms. The molecular formula is C16H20N4OS. The molecule has 6 heteroatoms. The molecule has 0 saturated carbocycles. The number of anilines is 1. The van der Waals surface area contributed by atoms with E-state index < -0.39 is 0 Å². The fraction of sp³-hybridized carbons (Fsp3) is 0.500. The van der Waals surface area contributed by atoms with Crippen LogP contribution in [0.3, 0.4) is 0 Å². The molecule has 0 aliphatic carbocycles. The van der Waals surface area contributed by atoms with Crippen LogP contribution in [0.2, 0.25) is 0 Å². The van der Waals surface area contributed by atoms with E-state index in [2.05, 4.69) is 26.8 Å². The number of nitrogens with zero attached hydrogens (tertiary/aromatic N) is 4. The first-order valence-electron chi connectivity index (χ1n) is 7.70. The molecule has 2 aliphatic heterocycles. The molecule has 0 unspecified atom stereocenters. The molecule has 1 amide bonds. The van der Waals surface area contributed by atoms with Crippen molar-refractivity contribution >= 4 is 22.9 Å². The summed E-state index contributed by atoms with van der Waals surface area (Å²) in [4.78, 5) is 17.3. The maximum absolute atomic E-state index is 13.0. The van der Waals surface area contributed by atoms with Crippen molar-refractivity contribution in [2.75, 3.05) is 24.5 Å². The first-order valence-corrected chi connectivity index (χ1v) is 8.65. The minimum Gasteiger partial charge on any atom is -0.309 e. The van der Waals surface area contributed by atoms with Crippen LogP contribution in [0.15, 0.2) is 29.2 Å². The van der Waals surface area contributed by atoms with Gasteiger partial charge in [0.25, 0.3) is 0 Å². The summed E-state index contributed by atoms with van der Waals surface area (Å²) in [5.41, 5.74) is 2.11. The van der Waals surface area contributed by atoms with E-state index in [-0.39, 0.29) is 11.3 Å². The number of aromatic nitrogens is 2. The number of likely N-dealkylation sites (tertiary alicyclic amines) is 1. The lowest BCUT2D eigenvalue weighted by Gasteiger charge is -2.23. The number of hydrogen-bond donors (Lipinski definition) is 0. The van der Waals surface area contributed by atoms with Crippen molar-refractivity contribution in [3.8, 4) is 0 Å². The van der Waals surface area contributed by atoms with E-state index in [0.717, 1.165) is 44.7 Å². The second kappa shape index (κ2) is 5.21. The highest BCUT2D eigenvalue weighted by atomic mass is 32.1. The second-order valence-electron chi connectivity index (χ2n) is 6.45. The number of carbonyl (C=O) groups is 1. The van der Waals surface area contributed by atoms with Gasteiger partial charge in [-0.05, 0) is 41.8 Å². The SMILES string of the molecule is Cn1cc(N2CC[C@@]3(CCN(Cc4ccsc4)C3)C2=O)cn1. The highest BCUT2D eigenvalue weighted by Crippen LogP contribution is 2.42. The first-order chi connectivity index (χ1) is 10.7. The lowest BCUT2D eigenvalue weighted by atomic mass is 9.85. The van der Waals surface area contributed by atoms with E-state index in [0.29, 0.717) is 0 Å². The number of amides is 1. The lowest BCUT2D eigenvalue weighted by Crippen LogP contribution is -2.36. The standard InChI is InChI=1S/C16H20N4OS/c1-18-10-14(8-17-18)20-6-4-16(15(20)21)3-5-19(12-16)9-13-2-7-22-11-13/h2,7-8,10-11H,3-6,9,12H2,1H3/t16-/m1/s1. The van der Waals surface area contributed by atoms with Gasteiger partial charge in [0.1, 0.15) is 0 Å². The smallest absolute Gasteiger partial charge is 0.234 e. The molecule has 2 aromatic heterocycles. The van der Waals surface area contributed by atoms with Gasteiger partial charge in [-0.25, -0.2) is 0 Å². The van der Waals surface area contributed by atoms with E-state index >= 15 is 0 Å². The number of carbonyl (C=O) groups excluding carboxylic acids is 1. The number of hydrogen-bond acceptors (Lipinski definition) is 4. The predicted octanol–water partition coefficient (Wildman–Crippen LogP) is 2.11. The molecule has 4 heterocycles. The van der Waals surface area contributed by atoms with Crippen LogP contribution in [0.25, 0.3) is 0 Å². The molecule has 5 nitrogen and oxygen atoms in total. The summed E-state index contributed by atoms with van der Waals surface area (Å²) in [5.74, 6) is 0.285. The minimum atomic E-state index is -0.175. The zero-order valence-corrected chi connectivity index (χ0v) is 13.6. The molecule has 116 valence electrons. The molecule has 0 bridgehead atoms. The molecule has 2 fully saturated rings. The van der Waals surface area contributed by atoms with Gasteiger partial charge < -0.3 is 4.90 Å². The van der Waals surface area contributed by atoms with Crippen molar-refractivity contribution in [3.63, 3.8) is 0 Å². The van der Waals surface area contributed by atoms with Gasteiger partial charge >= 0.3 is 0 Å². The Hall–Kier alpha value is -1.66. The van der Waals surface area contributed by atoms with E-state index in [9.17, 15) is 4.79 Å². The third kappa shape index (κ3) is 2.27. The summed E-state index contributed by atoms with van der Waals surface area (Å²) in [7, 11) is 1.89. The first kappa shape index (κ1) is 14.0. The molecule has 0 aromatic carbocycles. The summed E-state index contributed by atoms with van der Waals surface area (Å²) in [6.45, 7) is 3.68. The van der Waals surface area contributed by atoms with E-state index in [1.54, 1.807) is 22.2 Å². The Labute approximate surface area is 134 Å². The van der Waals surface area contributed by atoms with Crippen LogP contribution in [0.4, 0.5) is 5.69 Å². The zero-order chi connectivity index (χ0) is 15.2. The highest BCUT2D eigenvalue weighted by molar-refractivity contribution is 7.07. The van der Waals surface area contributed by atoms with E-state index in [1.807, 2.05) is 18.1 Å². The molecule has 2 aromatic rings. The van der Waals surface area contributed by atoms with Gasteiger partial charge in [-0.3, -0.25) is 14.4 Å². The summed E-state index contributed by atoms with van der Waals surface area (Å²) < 4.78 is 1.76. The Morgan fingerprint density at radius 1 is 1.36 bits per heavy atom. The average Bonchev–Trinajstić information content (AvgIpc) is 3.25. The minimum absolute atomic E-state index is 0.175. The van der Waals surface area contributed by atoms with Crippen molar-refractivity contribution in [1.29, 1.82) is 0 Å². The van der Waals surface area contributed by atoms with E-state index in [4.69, 9.17) is 0 Å². The number of rotatable bonds is 3. The van der Waals surface area contributed by atoms with Gasteiger partial charge in [0, 0.05) is 32.9 Å². The maximum atomic E-state index is 13.0. The van der Waals surface area contributed by atoms with Gasteiger partial charge in [-0.1, -0.05) is 0 Å². The Morgan fingerprint density at radius 2 is 2.23 bits per heavy atom. The van der Waals surface area contributed by atoms with Crippen LogP contribution in [0, 0.1) is 5.41 Å². The van der Waals surface area contributed by atoms with Crippen LogP contribution in [-0.4, -0.2) is 40.2 Å². The molecule has 2 aliphatic rings. The largest absolute Gasteiger partial charge is 0.309 e. The van der Waals surface area contributed by atoms with Gasteiger partial charge in [-0.15, -0.1) is 0 Å². The second-order valence-corrected chi connectivity index (χ2v) is 7.23. The highest BCUT2D eigenvalue weighted by Gasteiger charge is 2.51. The van der Waals surface area contributed by atoms with Crippen molar-refractivity contribution in [1.82, 2.24) is 14.7 Å². The quantitative estimate of drug-likeness (QED) is 0.871. The topological polar surface area (TPSA) is 41.4 Å². The molecular weight excluding hydrogens is 296 g/mol. The monoisotopic (exact) mass is 316 g/mol. The molecule has 1 spiro atoms. The van der Waals surface area contributed by atoms with Gasteiger partial charge in [0.2, 0.25) is 5.91 Å². The maximum Gasteiger partial charge on any atom is 0.234 e. The summed E-state index contributed by atoms with van der Waals surface area (Å²) in [6, 6.07) is 2.17. The zero-order valence-electron chi connectivity index (χ0n) is 12.7. The summed E-state index contributed by atoms with van der Waals surface area (Å²) >= 11 is 1.74. The molecule has 1 atom stereocenters. The summed E-state index contributed by atoms with van der Waals surface area (Å²) in [5, 5.41) is 8.50. The van der Waals surface area contributed by atoms with Crippen molar-refractivity contribution in [2.24, 2.45) is 12.5 Å². The number of aryl methyl sites for hydroxylation is 1. The predicted molar refractivity (Wildman–Crippen MR) is 86.8 cm³/mol. The van der Waals surface area contributed by atoms with Crippen LogP contribution >= 0.6 is 11.3 Å². The van der Waals surface area contributed by atoms with Crippen LogP contribution in [0.5, 0.6) is 0 Å². The Bertz CT molecular complexity index is 680. The molecule has 0 N–H and O–H groups in total. The third-order valence-electron chi connectivity index (χ3n) is 4.93. The van der Waals surface area contributed by atoms with Crippen molar-refractivity contribution < 1.29 is 4.79 Å². The van der Waals surface area contributed by atoms with Crippen LogP contribution < -0.4 is 4.90 Å². The Morgan fingerprint density at radius 3 is 2.95 bits per heavy atom. The lowest BCUT2D eigenvalue weighted by molar-refractivity contribution is -0.125. The fourth-order valence-electron chi connectivity index (χ4n) is 3.73. The average molecular weight is 316 g/mol.